The third-order valence-electron chi connectivity index (χ3n) is 3.29. The average molecular weight is 346 g/mol. The Balaban J connectivity index is 2.32. The van der Waals surface area contributed by atoms with E-state index in [-0.39, 0.29) is 5.41 Å². The quantitative estimate of drug-likeness (QED) is 0.733. The van der Waals surface area contributed by atoms with E-state index in [1.54, 1.807) is 10.9 Å². The van der Waals surface area contributed by atoms with E-state index in [4.69, 9.17) is 5.73 Å². The highest BCUT2D eigenvalue weighted by Gasteiger charge is 2.25. The SMILES string of the molecule is CC(C)(C)c1c(N)nnn1-c1cccc2cc(Br)cnc12. The molecule has 0 saturated carbocycles. The van der Waals surface area contributed by atoms with E-state index in [2.05, 4.69) is 52.0 Å². The normalized spacial score (nSPS) is 12.0. The molecule has 5 nitrogen and oxygen atoms in total. The molecule has 108 valence electrons. The monoisotopic (exact) mass is 345 g/mol. The van der Waals surface area contributed by atoms with Crippen molar-refractivity contribution in [3.8, 4) is 5.69 Å². The maximum atomic E-state index is 6.01. The maximum absolute atomic E-state index is 6.01. The van der Waals surface area contributed by atoms with E-state index in [1.165, 1.54) is 0 Å². The van der Waals surface area contributed by atoms with Crippen molar-refractivity contribution >= 4 is 32.7 Å². The van der Waals surface area contributed by atoms with E-state index in [1.807, 2.05) is 24.3 Å². The Bertz CT molecular complexity index is 817. The number of benzene rings is 1. The molecule has 3 aromatic rings. The summed E-state index contributed by atoms with van der Waals surface area (Å²) < 4.78 is 2.74. The van der Waals surface area contributed by atoms with E-state index < -0.39 is 0 Å². The lowest BCUT2D eigenvalue weighted by atomic mass is 9.91. The van der Waals surface area contributed by atoms with Crippen LogP contribution in [0.5, 0.6) is 0 Å². The third kappa shape index (κ3) is 2.40. The molecule has 0 aliphatic heterocycles. The summed E-state index contributed by atoms with van der Waals surface area (Å²) in [5.41, 5.74) is 8.49. The minimum atomic E-state index is -0.162. The van der Waals surface area contributed by atoms with Crippen molar-refractivity contribution in [2.75, 3.05) is 5.73 Å². The molecule has 1 aromatic carbocycles. The van der Waals surface area contributed by atoms with Crippen LogP contribution < -0.4 is 5.73 Å². The summed E-state index contributed by atoms with van der Waals surface area (Å²) in [5, 5.41) is 9.29. The molecule has 0 aliphatic rings. The van der Waals surface area contributed by atoms with Crippen LogP contribution in [0.15, 0.2) is 34.9 Å². The number of para-hydroxylation sites is 1. The summed E-state index contributed by atoms with van der Waals surface area (Å²) >= 11 is 3.45. The van der Waals surface area contributed by atoms with Crippen LogP contribution in [0.3, 0.4) is 0 Å². The van der Waals surface area contributed by atoms with Crippen molar-refractivity contribution in [3.05, 3.63) is 40.6 Å². The van der Waals surface area contributed by atoms with Gasteiger partial charge in [-0.25, -0.2) is 4.68 Å². The Morgan fingerprint density at radius 2 is 2.00 bits per heavy atom. The number of rotatable bonds is 1. The second-order valence-corrected chi connectivity index (χ2v) is 6.90. The van der Waals surface area contributed by atoms with Gasteiger partial charge < -0.3 is 5.73 Å². The molecule has 0 aliphatic carbocycles. The van der Waals surface area contributed by atoms with E-state index in [0.29, 0.717) is 5.82 Å². The first kappa shape index (κ1) is 14.0. The molecule has 2 heterocycles. The summed E-state index contributed by atoms with van der Waals surface area (Å²) in [6.45, 7) is 6.27. The molecular weight excluding hydrogens is 330 g/mol. The third-order valence-corrected chi connectivity index (χ3v) is 3.72. The van der Waals surface area contributed by atoms with E-state index in [0.717, 1.165) is 26.8 Å². The minimum Gasteiger partial charge on any atom is -0.381 e. The van der Waals surface area contributed by atoms with Gasteiger partial charge in [-0.15, -0.1) is 5.10 Å². The second-order valence-electron chi connectivity index (χ2n) is 5.99. The van der Waals surface area contributed by atoms with E-state index >= 15 is 0 Å². The Kier molecular flexibility index (Phi) is 3.20. The van der Waals surface area contributed by atoms with Crippen LogP contribution in [0.4, 0.5) is 5.82 Å². The molecule has 6 heteroatoms. The molecule has 0 fully saturated rings. The number of hydrogen-bond acceptors (Lipinski definition) is 4. The first-order chi connectivity index (χ1) is 9.88. The number of hydrogen-bond donors (Lipinski definition) is 1. The van der Waals surface area contributed by atoms with Crippen molar-refractivity contribution in [1.82, 2.24) is 20.0 Å². The molecule has 2 N–H and O–H groups in total. The van der Waals surface area contributed by atoms with Gasteiger partial charge in [0.2, 0.25) is 0 Å². The van der Waals surface area contributed by atoms with Gasteiger partial charge in [0, 0.05) is 21.5 Å². The smallest absolute Gasteiger partial charge is 0.170 e. The van der Waals surface area contributed by atoms with Gasteiger partial charge in [0.1, 0.15) is 0 Å². The molecular formula is C15H16BrN5. The standard InChI is InChI=1S/C15H16BrN5/c1-15(2,3)13-14(17)19-20-21(13)11-6-4-5-9-7-10(16)8-18-12(9)11/h4-8H,17H2,1-3H3. The van der Waals surface area contributed by atoms with E-state index in [9.17, 15) is 0 Å². The summed E-state index contributed by atoms with van der Waals surface area (Å²) in [7, 11) is 0. The number of anilines is 1. The van der Waals surface area contributed by atoms with Crippen LogP contribution >= 0.6 is 15.9 Å². The lowest BCUT2D eigenvalue weighted by molar-refractivity contribution is 0.545. The molecule has 21 heavy (non-hydrogen) atoms. The van der Waals surface area contributed by atoms with Crippen molar-refractivity contribution in [2.45, 2.75) is 26.2 Å². The molecule has 0 amide bonds. The Hall–Kier alpha value is -1.95. The van der Waals surface area contributed by atoms with Crippen LogP contribution in [0, 0.1) is 0 Å². The molecule has 0 bridgehead atoms. The van der Waals surface area contributed by atoms with Gasteiger partial charge in [-0.2, -0.15) is 0 Å². The zero-order valence-corrected chi connectivity index (χ0v) is 13.7. The molecule has 2 aromatic heterocycles. The van der Waals surface area contributed by atoms with Crippen molar-refractivity contribution in [3.63, 3.8) is 0 Å². The van der Waals surface area contributed by atoms with Crippen LogP contribution in [-0.2, 0) is 5.41 Å². The predicted octanol–water partition coefficient (Wildman–Crippen LogP) is 3.46. The molecule has 0 radical (unpaired) electrons. The molecule has 0 atom stereocenters. The Morgan fingerprint density at radius 3 is 2.71 bits per heavy atom. The summed E-state index contributed by atoms with van der Waals surface area (Å²) in [4.78, 5) is 4.51. The number of pyridine rings is 1. The van der Waals surface area contributed by atoms with Crippen molar-refractivity contribution in [1.29, 1.82) is 0 Å². The van der Waals surface area contributed by atoms with Gasteiger partial charge in [-0.1, -0.05) is 38.1 Å². The number of nitrogen functional groups attached to an aromatic ring is 1. The van der Waals surface area contributed by atoms with Crippen LogP contribution in [0.2, 0.25) is 0 Å². The summed E-state index contributed by atoms with van der Waals surface area (Å²) in [6, 6.07) is 8.01. The van der Waals surface area contributed by atoms with Gasteiger partial charge in [0.15, 0.2) is 5.82 Å². The van der Waals surface area contributed by atoms with Gasteiger partial charge in [0.25, 0.3) is 0 Å². The first-order valence-corrected chi connectivity index (χ1v) is 7.43. The minimum absolute atomic E-state index is 0.162. The van der Waals surface area contributed by atoms with Crippen molar-refractivity contribution in [2.24, 2.45) is 0 Å². The number of nitrogens with two attached hydrogens (primary N) is 1. The molecule has 3 rings (SSSR count). The maximum Gasteiger partial charge on any atom is 0.170 e. The first-order valence-electron chi connectivity index (χ1n) is 6.64. The largest absolute Gasteiger partial charge is 0.381 e. The molecule has 0 saturated heterocycles. The van der Waals surface area contributed by atoms with Gasteiger partial charge in [-0.05, 0) is 28.1 Å². The lowest BCUT2D eigenvalue weighted by Gasteiger charge is -2.20. The highest BCUT2D eigenvalue weighted by Crippen LogP contribution is 2.30. The van der Waals surface area contributed by atoms with Crippen LogP contribution in [0.25, 0.3) is 16.6 Å². The number of nitrogens with zero attached hydrogens (tertiary/aromatic N) is 4. The topological polar surface area (TPSA) is 69.6 Å². The van der Waals surface area contributed by atoms with Gasteiger partial charge in [0.05, 0.1) is 16.9 Å². The second kappa shape index (κ2) is 4.80. The number of aromatic nitrogens is 4. The number of halogens is 1. The average Bonchev–Trinajstić information content (AvgIpc) is 2.79. The predicted molar refractivity (Wildman–Crippen MR) is 87.5 cm³/mol. The van der Waals surface area contributed by atoms with Crippen LogP contribution in [0.1, 0.15) is 26.5 Å². The van der Waals surface area contributed by atoms with Gasteiger partial charge in [-0.3, -0.25) is 4.98 Å². The fourth-order valence-corrected chi connectivity index (χ4v) is 2.80. The lowest BCUT2D eigenvalue weighted by Crippen LogP contribution is -2.19. The summed E-state index contributed by atoms with van der Waals surface area (Å²) in [6.07, 6.45) is 1.78. The molecule has 0 unspecified atom stereocenters. The fraction of sp³-hybridized carbons (Fsp3) is 0.267. The van der Waals surface area contributed by atoms with Gasteiger partial charge >= 0.3 is 0 Å². The highest BCUT2D eigenvalue weighted by molar-refractivity contribution is 9.10. The number of fused-ring (bicyclic) bond motifs is 1. The zero-order chi connectivity index (χ0) is 15.2. The molecule has 0 spiro atoms. The van der Waals surface area contributed by atoms with Crippen molar-refractivity contribution < 1.29 is 0 Å². The fourth-order valence-electron chi connectivity index (χ4n) is 2.45. The Labute approximate surface area is 131 Å². The Morgan fingerprint density at radius 1 is 1.24 bits per heavy atom. The van der Waals surface area contributed by atoms with Crippen LogP contribution in [-0.4, -0.2) is 20.0 Å². The highest BCUT2D eigenvalue weighted by atomic mass is 79.9. The summed E-state index contributed by atoms with van der Waals surface area (Å²) in [5.74, 6) is 0.455. The zero-order valence-electron chi connectivity index (χ0n) is 12.1.